The molecule has 7 rings (SSSR count). The van der Waals surface area contributed by atoms with E-state index in [0.29, 0.717) is 0 Å². The predicted octanol–water partition coefficient (Wildman–Crippen LogP) is 5.02. The first-order valence-corrected chi connectivity index (χ1v) is 11.0. The molecule has 0 N–H and O–H groups in total. The molecule has 2 nitrogen and oxygen atoms in total. The molecule has 148 valence electrons. The van der Waals surface area contributed by atoms with Crippen molar-refractivity contribution in [3.05, 3.63) is 84.4 Å². The lowest BCUT2D eigenvalue weighted by molar-refractivity contribution is 0.486. The highest BCUT2D eigenvalue weighted by atomic mass is 16.5. The highest BCUT2D eigenvalue weighted by Crippen LogP contribution is 2.37. The maximum Gasteiger partial charge on any atom is 0.256 e. The van der Waals surface area contributed by atoms with Gasteiger partial charge in [0.1, 0.15) is 11.5 Å². The van der Waals surface area contributed by atoms with Gasteiger partial charge in [-0.25, -0.2) is 0 Å². The zero-order chi connectivity index (χ0) is 20.9. The van der Waals surface area contributed by atoms with Crippen molar-refractivity contribution in [1.82, 2.24) is 4.57 Å². The summed E-state index contributed by atoms with van der Waals surface area (Å²) in [6, 6.07) is 28.8. The molecule has 0 saturated carbocycles. The van der Waals surface area contributed by atoms with E-state index in [-0.39, 0.29) is 12.1 Å². The fraction of sp³-hybridized carbons (Fsp3) is 0.143. The van der Waals surface area contributed by atoms with Crippen LogP contribution in [0.4, 0.5) is 0 Å². The molecule has 0 fully saturated rings. The van der Waals surface area contributed by atoms with Crippen LogP contribution in [0.1, 0.15) is 26.3 Å². The predicted molar refractivity (Wildman–Crippen MR) is 131 cm³/mol. The number of rotatable bonds is 0. The fourth-order valence-electron chi connectivity index (χ4n) is 5.57. The maximum absolute atomic E-state index is 6.48. The Hall–Kier alpha value is -3.46. The summed E-state index contributed by atoms with van der Waals surface area (Å²) in [5.41, 5.74) is 9.17. The molecule has 2 aliphatic heterocycles. The first kappa shape index (κ1) is 17.2. The van der Waals surface area contributed by atoms with Crippen LogP contribution in [0, 0.1) is 0 Å². The third kappa shape index (κ3) is 2.14. The van der Waals surface area contributed by atoms with Gasteiger partial charge < -0.3 is 9.30 Å². The second-order valence-corrected chi connectivity index (χ2v) is 9.82. The van der Waals surface area contributed by atoms with Crippen LogP contribution in [0.5, 0.6) is 11.5 Å². The summed E-state index contributed by atoms with van der Waals surface area (Å²) in [6.45, 7) is 7.00. The van der Waals surface area contributed by atoms with Crippen LogP contribution >= 0.6 is 0 Å². The van der Waals surface area contributed by atoms with Gasteiger partial charge in [0.15, 0.2) is 0 Å². The van der Waals surface area contributed by atoms with E-state index in [1.807, 2.05) is 0 Å². The Balaban J connectivity index is 1.66. The third-order valence-corrected chi connectivity index (χ3v) is 7.02. The van der Waals surface area contributed by atoms with Crippen LogP contribution in [0.15, 0.2) is 78.9 Å². The van der Waals surface area contributed by atoms with Gasteiger partial charge >= 0.3 is 0 Å². The van der Waals surface area contributed by atoms with Crippen molar-refractivity contribution in [2.75, 3.05) is 0 Å². The van der Waals surface area contributed by atoms with Crippen molar-refractivity contribution in [3.63, 3.8) is 0 Å². The Morgan fingerprint density at radius 2 is 1.55 bits per heavy atom. The zero-order valence-electron chi connectivity index (χ0n) is 17.9. The molecule has 0 radical (unpaired) electrons. The van der Waals surface area contributed by atoms with Gasteiger partial charge in [-0.2, -0.15) is 0 Å². The number of hydrogen-bond donors (Lipinski definition) is 0. The van der Waals surface area contributed by atoms with Gasteiger partial charge in [0.2, 0.25) is 0 Å². The van der Waals surface area contributed by atoms with E-state index >= 15 is 0 Å². The largest absolute Gasteiger partial charge is 0.458 e. The summed E-state index contributed by atoms with van der Waals surface area (Å²) in [4.78, 5) is 0. The lowest BCUT2D eigenvalue weighted by atomic mass is 9.34. The van der Waals surface area contributed by atoms with E-state index in [9.17, 15) is 0 Å². The van der Waals surface area contributed by atoms with Crippen molar-refractivity contribution in [1.29, 1.82) is 0 Å². The normalized spacial score (nSPS) is 13.8. The zero-order valence-corrected chi connectivity index (χ0v) is 17.9. The van der Waals surface area contributed by atoms with E-state index < -0.39 is 0 Å². The molecule has 5 aromatic rings. The highest BCUT2D eigenvalue weighted by molar-refractivity contribution is 6.99. The maximum atomic E-state index is 6.48. The SMILES string of the molecule is CC(C)(C)c1ccc2c(c1)B1c3c(cccc3-n3c4ccccc4c4cccc1c43)O2. The molecule has 0 amide bonds. The van der Waals surface area contributed by atoms with Gasteiger partial charge in [-0.1, -0.05) is 75.4 Å². The summed E-state index contributed by atoms with van der Waals surface area (Å²) in [6.07, 6.45) is 0. The summed E-state index contributed by atoms with van der Waals surface area (Å²) >= 11 is 0. The summed E-state index contributed by atoms with van der Waals surface area (Å²) in [5.74, 6) is 1.95. The van der Waals surface area contributed by atoms with E-state index in [0.717, 1.165) is 11.5 Å². The Morgan fingerprint density at radius 1 is 0.742 bits per heavy atom. The van der Waals surface area contributed by atoms with Crippen LogP contribution in [-0.2, 0) is 5.41 Å². The molecule has 0 saturated heterocycles. The second-order valence-electron chi connectivity index (χ2n) is 9.82. The summed E-state index contributed by atoms with van der Waals surface area (Å²) < 4.78 is 8.92. The molecule has 3 heterocycles. The molecular formula is C28H22BNO. The van der Waals surface area contributed by atoms with Crippen LogP contribution < -0.4 is 21.1 Å². The van der Waals surface area contributed by atoms with Gasteiger partial charge in [0, 0.05) is 22.0 Å². The van der Waals surface area contributed by atoms with E-state index in [2.05, 4.69) is 104 Å². The fourth-order valence-corrected chi connectivity index (χ4v) is 5.57. The quantitative estimate of drug-likeness (QED) is 0.327. The molecule has 0 unspecified atom stereocenters. The Bertz CT molecular complexity index is 1550. The number of nitrogens with zero attached hydrogens (tertiary/aromatic N) is 1. The molecule has 3 heteroatoms. The minimum Gasteiger partial charge on any atom is -0.458 e. The molecule has 2 aliphatic rings. The summed E-state index contributed by atoms with van der Waals surface area (Å²) in [5, 5.41) is 2.63. The van der Waals surface area contributed by atoms with E-state index in [1.165, 1.54) is 49.4 Å². The molecule has 0 spiro atoms. The van der Waals surface area contributed by atoms with Gasteiger partial charge in [0.25, 0.3) is 6.71 Å². The van der Waals surface area contributed by atoms with Crippen LogP contribution in [0.2, 0.25) is 0 Å². The first-order chi connectivity index (χ1) is 15.0. The van der Waals surface area contributed by atoms with E-state index in [4.69, 9.17) is 4.74 Å². The number of ether oxygens (including phenoxy) is 1. The number of fused-ring (bicyclic) bond motifs is 7. The Labute approximate surface area is 182 Å². The molecule has 4 aromatic carbocycles. The molecule has 0 bridgehead atoms. The summed E-state index contributed by atoms with van der Waals surface area (Å²) in [7, 11) is 0. The van der Waals surface area contributed by atoms with Crippen molar-refractivity contribution >= 4 is 44.9 Å². The standard InChI is InChI=1S/C28H22BNO/c1-28(2,3)17-14-15-24-21(16-17)29-20-10-6-9-19-18-8-4-5-11-22(18)30(27(19)20)23-12-7-13-25(31-24)26(23)29/h4-16H,1-3H3. The average molecular weight is 399 g/mol. The molecule has 0 atom stereocenters. The Morgan fingerprint density at radius 3 is 2.42 bits per heavy atom. The van der Waals surface area contributed by atoms with Crippen molar-refractivity contribution in [2.45, 2.75) is 26.2 Å². The van der Waals surface area contributed by atoms with Gasteiger partial charge in [-0.15, -0.1) is 0 Å². The lowest BCUT2D eigenvalue weighted by Crippen LogP contribution is -2.58. The van der Waals surface area contributed by atoms with Crippen LogP contribution in [0.3, 0.4) is 0 Å². The molecular weight excluding hydrogens is 377 g/mol. The van der Waals surface area contributed by atoms with Crippen LogP contribution in [0.25, 0.3) is 27.5 Å². The number of hydrogen-bond acceptors (Lipinski definition) is 1. The first-order valence-electron chi connectivity index (χ1n) is 11.0. The third-order valence-electron chi connectivity index (χ3n) is 7.02. The number of para-hydroxylation sites is 2. The highest BCUT2D eigenvalue weighted by Gasteiger charge is 2.40. The minimum absolute atomic E-state index is 0.0877. The van der Waals surface area contributed by atoms with Crippen molar-refractivity contribution < 1.29 is 4.74 Å². The molecule has 31 heavy (non-hydrogen) atoms. The number of benzene rings is 4. The van der Waals surface area contributed by atoms with Crippen molar-refractivity contribution in [3.8, 4) is 17.2 Å². The van der Waals surface area contributed by atoms with Gasteiger partial charge in [0.05, 0.1) is 5.52 Å². The smallest absolute Gasteiger partial charge is 0.256 e. The van der Waals surface area contributed by atoms with Crippen molar-refractivity contribution in [2.24, 2.45) is 0 Å². The topological polar surface area (TPSA) is 14.2 Å². The van der Waals surface area contributed by atoms with Crippen LogP contribution in [-0.4, -0.2) is 11.3 Å². The molecule has 1 aromatic heterocycles. The minimum atomic E-state index is 0.0877. The number of aromatic nitrogens is 1. The Kier molecular flexibility index (Phi) is 3.12. The monoisotopic (exact) mass is 399 g/mol. The molecule has 0 aliphatic carbocycles. The van der Waals surface area contributed by atoms with E-state index in [1.54, 1.807) is 0 Å². The lowest BCUT2D eigenvalue weighted by Gasteiger charge is -2.34. The second kappa shape index (κ2) is 5.61. The van der Waals surface area contributed by atoms with Gasteiger partial charge in [-0.3, -0.25) is 0 Å². The average Bonchev–Trinajstić information content (AvgIpc) is 3.11. The van der Waals surface area contributed by atoms with Gasteiger partial charge in [-0.05, 0) is 51.6 Å².